The van der Waals surface area contributed by atoms with Gasteiger partial charge in [0.25, 0.3) is 5.91 Å². The number of aliphatic hydroxyl groups excluding tert-OH is 2. The molecule has 2 fully saturated rings. The number of aliphatic hydroxyl groups is 3. The van der Waals surface area contributed by atoms with Gasteiger partial charge in [-0.2, -0.15) is 0 Å². The lowest BCUT2D eigenvalue weighted by atomic mass is 9.73. The Kier molecular flexibility index (Phi) is 8.70. The van der Waals surface area contributed by atoms with Crippen LogP contribution in [-0.4, -0.2) is 65.9 Å². The Labute approximate surface area is 230 Å². The van der Waals surface area contributed by atoms with Crippen LogP contribution in [0.3, 0.4) is 0 Å². The van der Waals surface area contributed by atoms with Crippen molar-refractivity contribution in [3.63, 3.8) is 0 Å². The molecule has 0 aliphatic heterocycles. The van der Waals surface area contributed by atoms with Crippen molar-refractivity contribution >= 4 is 33.0 Å². The second kappa shape index (κ2) is 11.4. The molecule has 39 heavy (non-hydrogen) atoms. The first-order valence-electron chi connectivity index (χ1n) is 12.7. The number of anilines is 1. The lowest BCUT2D eigenvalue weighted by Gasteiger charge is -2.43. The smallest absolute Gasteiger partial charge is 0.255 e. The minimum absolute atomic E-state index is 0.00132. The average molecular weight is 588 g/mol. The van der Waals surface area contributed by atoms with Crippen molar-refractivity contribution in [2.75, 3.05) is 18.5 Å². The Morgan fingerprint density at radius 2 is 1.87 bits per heavy atom. The van der Waals surface area contributed by atoms with Gasteiger partial charge in [0, 0.05) is 17.3 Å². The fourth-order valence-electron chi connectivity index (χ4n) is 5.83. The van der Waals surface area contributed by atoms with Gasteiger partial charge < -0.3 is 25.4 Å². The monoisotopic (exact) mass is 587 g/mol. The molecule has 12 heteroatoms. The van der Waals surface area contributed by atoms with Gasteiger partial charge in [0.15, 0.2) is 21.5 Å². The summed E-state index contributed by atoms with van der Waals surface area (Å²) in [7, 11) is -4.03. The molecule has 0 aromatic heterocycles. The number of carbonyl (C=O) groups is 1. The molecule has 2 saturated carbocycles. The van der Waals surface area contributed by atoms with Crippen LogP contribution in [0.2, 0.25) is 5.02 Å². The van der Waals surface area contributed by atoms with E-state index < -0.39 is 56.4 Å². The molecular formula is C27H32ClF2NO7S. The fourth-order valence-corrected chi connectivity index (χ4v) is 8.20. The Morgan fingerprint density at radius 3 is 2.51 bits per heavy atom. The molecule has 8 nitrogen and oxygen atoms in total. The molecule has 4 N–H and O–H groups in total. The topological polar surface area (TPSA) is 133 Å². The van der Waals surface area contributed by atoms with Crippen LogP contribution >= 0.6 is 11.6 Å². The summed E-state index contributed by atoms with van der Waals surface area (Å²) in [5, 5.41) is 32.3. The molecule has 2 aromatic rings. The molecule has 2 aromatic carbocycles. The van der Waals surface area contributed by atoms with E-state index in [-0.39, 0.29) is 59.1 Å². The zero-order valence-electron chi connectivity index (χ0n) is 21.5. The molecule has 1 amide bonds. The highest BCUT2D eigenvalue weighted by molar-refractivity contribution is 7.92. The van der Waals surface area contributed by atoms with Crippen molar-refractivity contribution in [1.29, 1.82) is 0 Å². The summed E-state index contributed by atoms with van der Waals surface area (Å²) in [6.45, 7) is 3.12. The van der Waals surface area contributed by atoms with Crippen LogP contribution in [0.15, 0.2) is 41.3 Å². The van der Waals surface area contributed by atoms with Gasteiger partial charge in [0.05, 0.1) is 40.1 Å². The maximum Gasteiger partial charge on any atom is 0.255 e. The van der Waals surface area contributed by atoms with E-state index in [4.69, 9.17) is 16.3 Å². The van der Waals surface area contributed by atoms with Crippen LogP contribution in [-0.2, 0) is 14.6 Å². The number of benzene rings is 2. The van der Waals surface area contributed by atoms with E-state index in [0.29, 0.717) is 6.42 Å². The van der Waals surface area contributed by atoms with Gasteiger partial charge in [-0.15, -0.1) is 0 Å². The molecule has 3 unspecified atom stereocenters. The molecule has 2 bridgehead atoms. The summed E-state index contributed by atoms with van der Waals surface area (Å²) < 4.78 is 59.8. The molecule has 0 heterocycles. The Balaban J connectivity index is 1.52. The second-order valence-corrected chi connectivity index (χ2v) is 13.3. The van der Waals surface area contributed by atoms with Gasteiger partial charge in [-0.25, -0.2) is 17.2 Å². The average Bonchev–Trinajstić information content (AvgIpc) is 2.98. The van der Waals surface area contributed by atoms with E-state index >= 15 is 0 Å². The number of hydrogen-bond acceptors (Lipinski definition) is 7. The summed E-state index contributed by atoms with van der Waals surface area (Å²) in [4.78, 5) is 12.5. The van der Waals surface area contributed by atoms with Crippen LogP contribution < -0.4 is 5.32 Å². The van der Waals surface area contributed by atoms with Crippen LogP contribution in [0.5, 0.6) is 0 Å². The number of rotatable bonds is 9. The molecule has 0 spiro atoms. The molecule has 0 saturated heterocycles. The van der Waals surface area contributed by atoms with Gasteiger partial charge in [0.1, 0.15) is 6.10 Å². The van der Waals surface area contributed by atoms with Gasteiger partial charge in [-0.3, -0.25) is 4.79 Å². The number of hydrogen-bond donors (Lipinski definition) is 4. The van der Waals surface area contributed by atoms with E-state index in [9.17, 15) is 37.3 Å². The summed E-state index contributed by atoms with van der Waals surface area (Å²) in [6.07, 6.45) is -1.19. The summed E-state index contributed by atoms with van der Waals surface area (Å²) in [6, 6.07) is 6.66. The maximum absolute atomic E-state index is 13.8. The number of halogens is 3. The third-order valence-corrected chi connectivity index (χ3v) is 10.7. The standard InChI is InChI=1S/C27H32ClF2NO7S/c1-14-7-17-9-19(11-20(14)27(17,35)13-38-12-24(33)15(2)32)39(36,37)25-8-16(3-5-21(25)28)26(34)31-18-4-6-22(29)23(30)10-18/h3-6,8,10,14-15,17,19-20,24,32-33,35H,7,9,11-13H2,1-2H3,(H,31,34)/t14-,15+,17?,19?,20?,24+,27+/m0/s1. The molecule has 7 atom stereocenters. The molecule has 2 aliphatic rings. The van der Waals surface area contributed by atoms with Crippen molar-refractivity contribution in [3.8, 4) is 0 Å². The Bertz CT molecular complexity index is 1340. The fraction of sp³-hybridized carbons (Fsp3) is 0.519. The minimum Gasteiger partial charge on any atom is -0.391 e. The predicted octanol–water partition coefficient (Wildman–Crippen LogP) is 3.57. The van der Waals surface area contributed by atoms with Gasteiger partial charge >= 0.3 is 0 Å². The molecule has 4 rings (SSSR count). The predicted molar refractivity (Wildman–Crippen MR) is 140 cm³/mol. The minimum atomic E-state index is -4.03. The summed E-state index contributed by atoms with van der Waals surface area (Å²) >= 11 is 6.28. The van der Waals surface area contributed by atoms with E-state index in [1.807, 2.05) is 6.92 Å². The first-order chi connectivity index (χ1) is 18.2. The molecule has 0 radical (unpaired) electrons. The zero-order valence-corrected chi connectivity index (χ0v) is 23.1. The van der Waals surface area contributed by atoms with Crippen LogP contribution in [0.25, 0.3) is 0 Å². The largest absolute Gasteiger partial charge is 0.391 e. The van der Waals surface area contributed by atoms with Gasteiger partial charge in [-0.1, -0.05) is 18.5 Å². The van der Waals surface area contributed by atoms with Crippen LogP contribution in [0.4, 0.5) is 14.5 Å². The van der Waals surface area contributed by atoms with E-state index in [1.54, 1.807) is 0 Å². The second-order valence-electron chi connectivity index (χ2n) is 10.7. The van der Waals surface area contributed by atoms with Crippen LogP contribution in [0.1, 0.15) is 43.5 Å². The molecule has 214 valence electrons. The number of carbonyl (C=O) groups excluding carboxylic acids is 1. The highest BCUT2D eigenvalue weighted by atomic mass is 35.5. The van der Waals surface area contributed by atoms with Crippen LogP contribution in [0, 0.1) is 29.4 Å². The summed E-state index contributed by atoms with van der Waals surface area (Å²) in [5.41, 5.74) is -1.31. The number of amides is 1. The SMILES string of the molecule is C[C@H]1CC2CC(S(=O)(=O)c3cc(C(=O)Nc4ccc(F)c(F)c4)ccc3Cl)CC1[C@@]2(O)COC[C@@H](O)[C@@H](C)O. The van der Waals surface area contributed by atoms with E-state index in [2.05, 4.69) is 5.32 Å². The van der Waals surface area contributed by atoms with Gasteiger partial charge in [0.2, 0.25) is 0 Å². The first kappa shape index (κ1) is 29.8. The molecular weight excluding hydrogens is 556 g/mol. The van der Waals surface area contributed by atoms with Gasteiger partial charge in [-0.05, 0) is 74.3 Å². The third-order valence-electron chi connectivity index (χ3n) is 8.05. The lowest BCUT2D eigenvalue weighted by molar-refractivity contribution is -0.132. The highest BCUT2D eigenvalue weighted by Crippen LogP contribution is 2.54. The van der Waals surface area contributed by atoms with E-state index in [0.717, 1.165) is 12.1 Å². The van der Waals surface area contributed by atoms with Crippen molar-refractivity contribution in [1.82, 2.24) is 0 Å². The highest BCUT2D eigenvalue weighted by Gasteiger charge is 2.58. The summed E-state index contributed by atoms with van der Waals surface area (Å²) in [5.74, 6) is -3.68. The van der Waals surface area contributed by atoms with Crippen molar-refractivity contribution < 1.29 is 42.0 Å². The number of sulfone groups is 1. The number of ether oxygens (including phenoxy) is 1. The Morgan fingerprint density at radius 1 is 1.15 bits per heavy atom. The lowest BCUT2D eigenvalue weighted by Crippen LogP contribution is -2.52. The number of fused-ring (bicyclic) bond motifs is 2. The molecule has 2 aliphatic carbocycles. The Hall–Kier alpha value is -2.15. The normalized spacial score (nSPS) is 28.2. The quantitative estimate of drug-likeness (QED) is 0.352. The van der Waals surface area contributed by atoms with Crippen molar-refractivity contribution in [3.05, 3.63) is 58.6 Å². The van der Waals surface area contributed by atoms with Crippen molar-refractivity contribution in [2.45, 2.75) is 61.1 Å². The number of nitrogens with one attached hydrogen (secondary N) is 1. The maximum atomic E-state index is 13.8. The zero-order chi connectivity index (χ0) is 28.7. The first-order valence-corrected chi connectivity index (χ1v) is 14.6. The van der Waals surface area contributed by atoms with E-state index in [1.165, 1.54) is 31.2 Å². The van der Waals surface area contributed by atoms with Crippen molar-refractivity contribution in [2.24, 2.45) is 17.8 Å². The third kappa shape index (κ3) is 5.98.